The molecule has 0 bridgehead atoms. The van der Waals surface area contributed by atoms with E-state index in [0.29, 0.717) is 11.0 Å². The summed E-state index contributed by atoms with van der Waals surface area (Å²) in [4.78, 5) is 23.9. The number of nitrogens with zero attached hydrogens (tertiary/aromatic N) is 1. The van der Waals surface area contributed by atoms with Crippen molar-refractivity contribution in [2.75, 3.05) is 4.90 Å². The van der Waals surface area contributed by atoms with Gasteiger partial charge in [-0.05, 0) is 17.7 Å². The Kier molecular flexibility index (Phi) is 2.68. The number of carbonyl (C=O) groups is 2. The molecule has 0 aromatic heterocycles. The van der Waals surface area contributed by atoms with Gasteiger partial charge in [-0.2, -0.15) is 0 Å². The Morgan fingerprint density at radius 3 is 2.40 bits per heavy atom. The third kappa shape index (κ3) is 1.85. The SMILES string of the molecule is O=C1C=CC(=O)N1c1cccc(CBr)c1. The first-order chi connectivity index (χ1) is 7.22. The lowest BCUT2D eigenvalue weighted by atomic mass is 10.2. The van der Waals surface area contributed by atoms with Crippen LogP contribution in [0.5, 0.6) is 0 Å². The number of anilines is 1. The third-order valence-electron chi connectivity index (χ3n) is 2.13. The molecule has 3 nitrogen and oxygen atoms in total. The quantitative estimate of drug-likeness (QED) is 0.606. The topological polar surface area (TPSA) is 37.4 Å². The molecule has 76 valence electrons. The maximum Gasteiger partial charge on any atom is 0.258 e. The molecule has 0 saturated heterocycles. The fourth-order valence-electron chi connectivity index (χ4n) is 1.43. The van der Waals surface area contributed by atoms with Gasteiger partial charge in [-0.15, -0.1) is 0 Å². The molecule has 2 rings (SSSR count). The Hall–Kier alpha value is -1.42. The Morgan fingerprint density at radius 2 is 1.80 bits per heavy atom. The first-order valence-corrected chi connectivity index (χ1v) is 5.55. The van der Waals surface area contributed by atoms with Gasteiger partial charge in [0.05, 0.1) is 5.69 Å². The van der Waals surface area contributed by atoms with Crippen molar-refractivity contribution in [2.24, 2.45) is 0 Å². The molecule has 1 aliphatic rings. The molecule has 1 aromatic carbocycles. The lowest BCUT2D eigenvalue weighted by molar-refractivity contribution is -0.119. The zero-order chi connectivity index (χ0) is 10.8. The summed E-state index contributed by atoms with van der Waals surface area (Å²) in [6.45, 7) is 0. The Morgan fingerprint density at radius 1 is 1.13 bits per heavy atom. The van der Waals surface area contributed by atoms with Gasteiger partial charge < -0.3 is 0 Å². The highest BCUT2D eigenvalue weighted by Gasteiger charge is 2.24. The van der Waals surface area contributed by atoms with Crippen LogP contribution in [0.1, 0.15) is 5.56 Å². The van der Waals surface area contributed by atoms with Crippen LogP contribution in [-0.2, 0) is 14.9 Å². The summed E-state index contributed by atoms with van der Waals surface area (Å²) in [5.41, 5.74) is 1.65. The van der Waals surface area contributed by atoms with Gasteiger partial charge in [0.1, 0.15) is 0 Å². The number of benzene rings is 1. The minimum Gasteiger partial charge on any atom is -0.269 e. The normalized spacial score (nSPS) is 15.1. The largest absolute Gasteiger partial charge is 0.269 e. The molecule has 0 atom stereocenters. The molecule has 2 amide bonds. The van der Waals surface area contributed by atoms with Gasteiger partial charge in [0.2, 0.25) is 0 Å². The van der Waals surface area contributed by atoms with Gasteiger partial charge in [-0.1, -0.05) is 28.1 Å². The van der Waals surface area contributed by atoms with E-state index in [1.807, 2.05) is 18.2 Å². The molecular weight excluding hydrogens is 258 g/mol. The second-order valence-corrected chi connectivity index (χ2v) is 3.71. The van der Waals surface area contributed by atoms with Crippen molar-refractivity contribution in [1.82, 2.24) is 0 Å². The zero-order valence-corrected chi connectivity index (χ0v) is 9.40. The lowest BCUT2D eigenvalue weighted by Gasteiger charge is -2.14. The summed E-state index contributed by atoms with van der Waals surface area (Å²) < 4.78 is 0. The summed E-state index contributed by atoms with van der Waals surface area (Å²) in [6, 6.07) is 7.31. The van der Waals surface area contributed by atoms with Gasteiger partial charge in [-0.3, -0.25) is 9.59 Å². The second kappa shape index (κ2) is 3.98. The van der Waals surface area contributed by atoms with E-state index in [2.05, 4.69) is 15.9 Å². The van der Waals surface area contributed by atoms with E-state index in [1.165, 1.54) is 12.2 Å². The number of hydrogen-bond acceptors (Lipinski definition) is 2. The molecule has 0 spiro atoms. The average Bonchev–Trinajstić information content (AvgIpc) is 2.59. The smallest absolute Gasteiger partial charge is 0.258 e. The number of hydrogen-bond donors (Lipinski definition) is 0. The molecule has 15 heavy (non-hydrogen) atoms. The Balaban J connectivity index is 2.37. The number of halogens is 1. The van der Waals surface area contributed by atoms with Crippen molar-refractivity contribution in [2.45, 2.75) is 5.33 Å². The highest BCUT2D eigenvalue weighted by Crippen LogP contribution is 2.21. The fourth-order valence-corrected chi connectivity index (χ4v) is 1.78. The second-order valence-electron chi connectivity index (χ2n) is 3.15. The summed E-state index contributed by atoms with van der Waals surface area (Å²) in [5, 5.41) is 0.699. The van der Waals surface area contributed by atoms with Crippen molar-refractivity contribution < 1.29 is 9.59 Å². The van der Waals surface area contributed by atoms with Crippen LogP contribution < -0.4 is 4.90 Å². The highest BCUT2D eigenvalue weighted by molar-refractivity contribution is 9.08. The first-order valence-electron chi connectivity index (χ1n) is 4.43. The fraction of sp³-hybridized carbons (Fsp3) is 0.0909. The molecule has 4 heteroatoms. The molecule has 0 unspecified atom stereocenters. The molecule has 1 heterocycles. The van der Waals surface area contributed by atoms with E-state index < -0.39 is 0 Å². The summed E-state index contributed by atoms with van der Waals surface area (Å²) in [5.74, 6) is -0.571. The number of amides is 2. The number of alkyl halides is 1. The molecule has 0 fully saturated rings. The van der Waals surface area contributed by atoms with Gasteiger partial charge in [-0.25, -0.2) is 4.90 Å². The Bertz CT molecular complexity index is 436. The molecule has 0 radical (unpaired) electrons. The lowest BCUT2D eigenvalue weighted by Crippen LogP contribution is -2.29. The number of rotatable bonds is 2. The van der Waals surface area contributed by atoms with Crippen molar-refractivity contribution in [1.29, 1.82) is 0 Å². The van der Waals surface area contributed by atoms with Crippen molar-refractivity contribution in [3.05, 3.63) is 42.0 Å². The van der Waals surface area contributed by atoms with E-state index in [9.17, 15) is 9.59 Å². The van der Waals surface area contributed by atoms with Crippen molar-refractivity contribution in [3.8, 4) is 0 Å². The predicted molar refractivity (Wildman–Crippen MR) is 60.7 cm³/mol. The molecule has 0 aliphatic carbocycles. The summed E-state index contributed by atoms with van der Waals surface area (Å²) in [6.07, 6.45) is 2.56. The average molecular weight is 266 g/mol. The van der Waals surface area contributed by atoms with Crippen LogP contribution in [0.25, 0.3) is 0 Å². The van der Waals surface area contributed by atoms with Crippen LogP contribution in [-0.4, -0.2) is 11.8 Å². The van der Waals surface area contributed by atoms with Crippen LogP contribution >= 0.6 is 15.9 Å². The maximum absolute atomic E-state index is 11.4. The first kappa shape index (κ1) is 10.1. The number of imide groups is 1. The summed E-state index contributed by atoms with van der Waals surface area (Å²) in [7, 11) is 0. The van der Waals surface area contributed by atoms with E-state index in [4.69, 9.17) is 0 Å². The van der Waals surface area contributed by atoms with Crippen LogP contribution in [0, 0.1) is 0 Å². The highest BCUT2D eigenvalue weighted by atomic mass is 79.9. The van der Waals surface area contributed by atoms with E-state index in [1.54, 1.807) is 6.07 Å². The molecule has 1 aromatic rings. The molecule has 0 saturated carbocycles. The number of carbonyl (C=O) groups excluding carboxylic acids is 2. The van der Waals surface area contributed by atoms with Gasteiger partial charge >= 0.3 is 0 Å². The molecule has 1 aliphatic heterocycles. The zero-order valence-electron chi connectivity index (χ0n) is 7.81. The van der Waals surface area contributed by atoms with Crippen molar-refractivity contribution in [3.63, 3.8) is 0 Å². The minimum absolute atomic E-state index is 0.285. The van der Waals surface area contributed by atoms with Crippen molar-refractivity contribution >= 4 is 33.4 Å². The Labute approximate surface area is 95.5 Å². The standard InChI is InChI=1S/C11H8BrNO2/c12-7-8-2-1-3-9(6-8)13-10(14)4-5-11(13)15/h1-6H,7H2. The van der Waals surface area contributed by atoms with Crippen LogP contribution in [0.15, 0.2) is 36.4 Å². The third-order valence-corrected chi connectivity index (χ3v) is 2.78. The van der Waals surface area contributed by atoms with Crippen LogP contribution in [0.3, 0.4) is 0 Å². The minimum atomic E-state index is -0.285. The van der Waals surface area contributed by atoms with Gasteiger partial charge in [0, 0.05) is 17.5 Å². The van der Waals surface area contributed by atoms with Gasteiger partial charge in [0.25, 0.3) is 11.8 Å². The van der Waals surface area contributed by atoms with Crippen LogP contribution in [0.4, 0.5) is 5.69 Å². The molecule has 0 N–H and O–H groups in total. The van der Waals surface area contributed by atoms with E-state index in [0.717, 1.165) is 10.5 Å². The van der Waals surface area contributed by atoms with Gasteiger partial charge in [0.15, 0.2) is 0 Å². The maximum atomic E-state index is 11.4. The van der Waals surface area contributed by atoms with E-state index >= 15 is 0 Å². The summed E-state index contributed by atoms with van der Waals surface area (Å²) >= 11 is 3.33. The molecular formula is C11H8BrNO2. The monoisotopic (exact) mass is 265 g/mol. The van der Waals surface area contributed by atoms with E-state index in [-0.39, 0.29) is 11.8 Å². The van der Waals surface area contributed by atoms with Crippen LogP contribution in [0.2, 0.25) is 0 Å². The predicted octanol–water partition coefficient (Wildman–Crippen LogP) is 2.01.